The van der Waals surface area contributed by atoms with Crippen molar-refractivity contribution in [3.8, 4) is 6.07 Å². The van der Waals surface area contributed by atoms with E-state index in [0.29, 0.717) is 4.88 Å². The highest BCUT2D eigenvalue weighted by atomic mass is 32.1. The molecule has 0 unspecified atom stereocenters. The van der Waals surface area contributed by atoms with Crippen molar-refractivity contribution >= 4 is 17.1 Å². The maximum absolute atomic E-state index is 11.7. The van der Waals surface area contributed by atoms with Crippen LogP contribution in [0.4, 0.5) is 0 Å². The first kappa shape index (κ1) is 10.5. The summed E-state index contributed by atoms with van der Waals surface area (Å²) in [5.74, 6) is -0.212. The van der Waals surface area contributed by atoms with Crippen LogP contribution in [0.3, 0.4) is 0 Å². The van der Waals surface area contributed by atoms with Crippen LogP contribution in [-0.4, -0.2) is 24.8 Å². The van der Waals surface area contributed by atoms with Gasteiger partial charge in [0.1, 0.15) is 11.6 Å². The molecule has 0 aliphatic carbocycles. The van der Waals surface area contributed by atoms with Crippen molar-refractivity contribution in [2.75, 3.05) is 14.1 Å². The molecule has 1 heterocycles. The number of hydrogen-bond donors (Lipinski definition) is 0. The van der Waals surface area contributed by atoms with E-state index in [1.54, 1.807) is 31.1 Å². The predicted molar refractivity (Wildman–Crippen MR) is 56.0 cm³/mol. The van der Waals surface area contributed by atoms with Crippen molar-refractivity contribution in [1.29, 1.82) is 5.26 Å². The summed E-state index contributed by atoms with van der Waals surface area (Å²) in [5.41, 5.74) is 0.164. The lowest BCUT2D eigenvalue weighted by atomic mass is 10.2. The van der Waals surface area contributed by atoms with Crippen LogP contribution in [-0.2, 0) is 0 Å². The summed E-state index contributed by atoms with van der Waals surface area (Å²) < 4.78 is 0. The van der Waals surface area contributed by atoms with Crippen LogP contribution in [0.5, 0.6) is 0 Å². The van der Waals surface area contributed by atoms with Gasteiger partial charge in [-0.15, -0.1) is 11.3 Å². The van der Waals surface area contributed by atoms with Crippen LogP contribution in [0.15, 0.2) is 29.3 Å². The second-order valence-corrected chi connectivity index (χ2v) is 3.87. The van der Waals surface area contributed by atoms with Gasteiger partial charge < -0.3 is 4.90 Å². The molecule has 0 amide bonds. The van der Waals surface area contributed by atoms with Crippen molar-refractivity contribution in [3.63, 3.8) is 0 Å². The van der Waals surface area contributed by atoms with Crippen LogP contribution in [0.25, 0.3) is 0 Å². The van der Waals surface area contributed by atoms with Crippen molar-refractivity contribution < 1.29 is 4.79 Å². The lowest BCUT2D eigenvalue weighted by Gasteiger charge is -2.04. The summed E-state index contributed by atoms with van der Waals surface area (Å²) in [4.78, 5) is 13.9. The van der Waals surface area contributed by atoms with Gasteiger partial charge in [-0.3, -0.25) is 4.79 Å². The predicted octanol–water partition coefficient (Wildman–Crippen LogP) is 1.90. The first-order chi connectivity index (χ1) is 6.65. The minimum Gasteiger partial charge on any atom is -0.382 e. The fraction of sp³-hybridized carbons (Fsp3) is 0.200. The number of carbonyl (C=O) groups excluding carboxylic acids is 1. The van der Waals surface area contributed by atoms with Crippen molar-refractivity contribution in [2.45, 2.75) is 0 Å². The number of carbonyl (C=O) groups is 1. The average Bonchev–Trinajstić information content (AvgIpc) is 2.65. The third-order valence-electron chi connectivity index (χ3n) is 1.50. The van der Waals surface area contributed by atoms with Crippen molar-refractivity contribution in [1.82, 2.24) is 4.90 Å². The molecule has 0 N–H and O–H groups in total. The van der Waals surface area contributed by atoms with Crippen LogP contribution in [0, 0.1) is 11.3 Å². The molecule has 0 bridgehead atoms. The minimum atomic E-state index is -0.212. The Kier molecular flexibility index (Phi) is 3.43. The Bertz CT molecular complexity index is 385. The highest BCUT2D eigenvalue weighted by Crippen LogP contribution is 2.14. The molecular weight excluding hydrogens is 196 g/mol. The molecule has 0 aliphatic rings. The molecule has 0 atom stereocenters. The minimum absolute atomic E-state index is 0.164. The van der Waals surface area contributed by atoms with E-state index in [2.05, 4.69) is 0 Å². The van der Waals surface area contributed by atoms with Gasteiger partial charge in [-0.2, -0.15) is 5.26 Å². The van der Waals surface area contributed by atoms with Gasteiger partial charge >= 0.3 is 0 Å². The van der Waals surface area contributed by atoms with Gasteiger partial charge in [0.2, 0.25) is 5.78 Å². The fourth-order valence-electron chi connectivity index (χ4n) is 0.937. The zero-order valence-electron chi connectivity index (χ0n) is 8.02. The molecule has 1 aromatic heterocycles. The molecule has 72 valence electrons. The molecular formula is C10H10N2OS. The quantitative estimate of drug-likeness (QED) is 0.431. The van der Waals surface area contributed by atoms with Crippen LogP contribution in [0.2, 0.25) is 0 Å². The van der Waals surface area contributed by atoms with Crippen molar-refractivity contribution in [2.24, 2.45) is 0 Å². The van der Waals surface area contributed by atoms with Gasteiger partial charge in [-0.25, -0.2) is 0 Å². The highest BCUT2D eigenvalue weighted by molar-refractivity contribution is 7.12. The van der Waals surface area contributed by atoms with Crippen LogP contribution >= 0.6 is 11.3 Å². The first-order valence-electron chi connectivity index (χ1n) is 4.01. The van der Waals surface area contributed by atoms with Gasteiger partial charge in [0.15, 0.2) is 0 Å². The molecule has 0 spiro atoms. The van der Waals surface area contributed by atoms with Gasteiger partial charge in [-0.05, 0) is 11.4 Å². The molecule has 14 heavy (non-hydrogen) atoms. The summed E-state index contributed by atoms with van der Waals surface area (Å²) in [7, 11) is 3.55. The standard InChI is InChI=1S/C10H10N2OS/c1-12(2)7-8(6-11)10(13)9-4-3-5-14-9/h3-5,7H,1-2H3/b8-7+. The number of Topliss-reactive ketones (excluding diaryl/α,β-unsaturated/α-hetero) is 1. The summed E-state index contributed by atoms with van der Waals surface area (Å²) in [5, 5.41) is 10.6. The summed E-state index contributed by atoms with van der Waals surface area (Å²) in [6.45, 7) is 0. The topological polar surface area (TPSA) is 44.1 Å². The molecule has 1 rings (SSSR count). The van der Waals surface area contributed by atoms with E-state index in [-0.39, 0.29) is 11.4 Å². The smallest absolute Gasteiger partial charge is 0.214 e. The highest BCUT2D eigenvalue weighted by Gasteiger charge is 2.12. The lowest BCUT2D eigenvalue weighted by Crippen LogP contribution is -2.07. The molecule has 0 aliphatic heterocycles. The van der Waals surface area contributed by atoms with Gasteiger partial charge in [0.25, 0.3) is 0 Å². The SMILES string of the molecule is CN(C)/C=C(\C#N)C(=O)c1cccs1. The molecule has 0 saturated heterocycles. The maximum atomic E-state index is 11.7. The lowest BCUT2D eigenvalue weighted by molar-refractivity contribution is 0.104. The monoisotopic (exact) mass is 206 g/mol. The third kappa shape index (κ3) is 2.44. The molecule has 0 radical (unpaired) electrons. The molecule has 3 nitrogen and oxygen atoms in total. The Balaban J connectivity index is 2.94. The van der Waals surface area contributed by atoms with E-state index in [1.807, 2.05) is 11.4 Å². The molecule has 4 heteroatoms. The second kappa shape index (κ2) is 4.58. The zero-order chi connectivity index (χ0) is 10.6. The average molecular weight is 206 g/mol. The number of nitrogens with zero attached hydrogens (tertiary/aromatic N) is 2. The van der Waals surface area contributed by atoms with Gasteiger partial charge in [0, 0.05) is 20.3 Å². The van der Waals surface area contributed by atoms with E-state index in [9.17, 15) is 4.79 Å². The van der Waals surface area contributed by atoms with Crippen LogP contribution in [0.1, 0.15) is 9.67 Å². The van der Waals surface area contributed by atoms with Gasteiger partial charge in [-0.1, -0.05) is 6.07 Å². The zero-order valence-corrected chi connectivity index (χ0v) is 8.84. The van der Waals surface area contributed by atoms with Crippen LogP contribution < -0.4 is 0 Å². The number of ketones is 1. The second-order valence-electron chi connectivity index (χ2n) is 2.92. The number of hydrogen-bond acceptors (Lipinski definition) is 4. The summed E-state index contributed by atoms with van der Waals surface area (Å²) in [6.07, 6.45) is 1.53. The number of thiophene rings is 1. The Labute approximate surface area is 86.9 Å². The molecule has 0 saturated carbocycles. The fourth-order valence-corrected chi connectivity index (χ4v) is 1.61. The van der Waals surface area contributed by atoms with E-state index >= 15 is 0 Å². The molecule has 1 aromatic rings. The van der Waals surface area contributed by atoms with E-state index in [4.69, 9.17) is 5.26 Å². The Morgan fingerprint density at radius 1 is 1.64 bits per heavy atom. The van der Waals surface area contributed by atoms with E-state index in [1.165, 1.54) is 17.5 Å². The number of nitriles is 1. The van der Waals surface area contributed by atoms with E-state index in [0.717, 1.165) is 0 Å². The number of rotatable bonds is 3. The number of allylic oxidation sites excluding steroid dienone is 1. The van der Waals surface area contributed by atoms with Gasteiger partial charge in [0.05, 0.1) is 4.88 Å². The van der Waals surface area contributed by atoms with E-state index < -0.39 is 0 Å². The Morgan fingerprint density at radius 2 is 2.36 bits per heavy atom. The Morgan fingerprint density at radius 3 is 2.79 bits per heavy atom. The Hall–Kier alpha value is -1.60. The summed E-state index contributed by atoms with van der Waals surface area (Å²) in [6, 6.07) is 5.41. The largest absolute Gasteiger partial charge is 0.382 e. The normalized spacial score (nSPS) is 10.8. The molecule has 0 aromatic carbocycles. The summed E-state index contributed by atoms with van der Waals surface area (Å²) >= 11 is 1.34. The first-order valence-corrected chi connectivity index (χ1v) is 4.89. The third-order valence-corrected chi connectivity index (χ3v) is 2.37. The molecule has 0 fully saturated rings. The maximum Gasteiger partial charge on any atom is 0.214 e. The van der Waals surface area contributed by atoms with Crippen molar-refractivity contribution in [3.05, 3.63) is 34.2 Å².